The van der Waals surface area contributed by atoms with Gasteiger partial charge in [-0.3, -0.25) is 4.55 Å². The fraction of sp³-hybridized carbons (Fsp3) is 1.00. The Bertz CT molecular complexity index is 249. The van der Waals surface area contributed by atoms with Crippen molar-refractivity contribution in [1.29, 1.82) is 0 Å². The lowest BCUT2D eigenvalue weighted by atomic mass is 10.1. The highest BCUT2D eigenvalue weighted by atomic mass is 32.2. The Kier molecular flexibility index (Phi) is 8.89. The zero-order valence-electron chi connectivity index (χ0n) is 10.1. The van der Waals surface area contributed by atoms with E-state index in [0.29, 0.717) is 25.7 Å². The summed E-state index contributed by atoms with van der Waals surface area (Å²) in [6.07, 6.45) is 6.31. The van der Waals surface area contributed by atoms with Gasteiger partial charge in [-0.25, -0.2) is 0 Å². The molecule has 0 aromatic rings. The topological polar surface area (TPSA) is 74.6 Å². The van der Waals surface area contributed by atoms with Crippen LogP contribution < -0.4 is 0 Å². The van der Waals surface area contributed by atoms with Crippen molar-refractivity contribution in [3.05, 3.63) is 0 Å². The van der Waals surface area contributed by atoms with Crippen LogP contribution in [0.15, 0.2) is 0 Å². The summed E-state index contributed by atoms with van der Waals surface area (Å²) in [7, 11) is -3.91. The van der Waals surface area contributed by atoms with Crippen molar-refractivity contribution >= 4 is 10.1 Å². The van der Waals surface area contributed by atoms with Crippen LogP contribution >= 0.6 is 0 Å². The zero-order valence-corrected chi connectivity index (χ0v) is 10.9. The minimum atomic E-state index is -3.91. The van der Waals surface area contributed by atoms with Crippen molar-refractivity contribution in [3.8, 4) is 0 Å². The quantitative estimate of drug-likeness (QED) is 0.462. The summed E-state index contributed by atoms with van der Waals surface area (Å²) in [4.78, 5) is 0. The van der Waals surface area contributed by atoms with Crippen LogP contribution in [0.1, 0.15) is 58.3 Å². The molecule has 16 heavy (non-hydrogen) atoms. The predicted octanol–water partition coefficient (Wildman–Crippen LogP) is 2.38. The van der Waals surface area contributed by atoms with Gasteiger partial charge < -0.3 is 5.11 Å². The molecule has 0 saturated carbocycles. The van der Waals surface area contributed by atoms with Gasteiger partial charge in [-0.15, -0.1) is 0 Å². The van der Waals surface area contributed by atoms with Crippen molar-refractivity contribution in [3.63, 3.8) is 0 Å². The van der Waals surface area contributed by atoms with E-state index in [1.807, 2.05) is 0 Å². The molecule has 0 heterocycles. The van der Waals surface area contributed by atoms with Gasteiger partial charge >= 0.3 is 0 Å². The molecule has 4 nitrogen and oxygen atoms in total. The second kappa shape index (κ2) is 8.96. The lowest BCUT2D eigenvalue weighted by Gasteiger charge is -2.13. The standard InChI is InChI=1S/C11H24O4S/c1-2-3-4-5-8-11(16(13,14)15)9-6-7-10-12/h11-12H,2-10H2,1H3,(H,13,14,15). The van der Waals surface area contributed by atoms with Gasteiger partial charge in [0.25, 0.3) is 10.1 Å². The van der Waals surface area contributed by atoms with Crippen LogP contribution in [0.25, 0.3) is 0 Å². The molecule has 1 atom stereocenters. The van der Waals surface area contributed by atoms with Crippen LogP contribution in [0.2, 0.25) is 0 Å². The van der Waals surface area contributed by atoms with Crippen LogP contribution in [0.5, 0.6) is 0 Å². The highest BCUT2D eigenvalue weighted by Crippen LogP contribution is 2.17. The first-order chi connectivity index (χ1) is 7.52. The summed E-state index contributed by atoms with van der Waals surface area (Å²) in [5.41, 5.74) is 0. The van der Waals surface area contributed by atoms with Gasteiger partial charge in [0.05, 0.1) is 5.25 Å². The van der Waals surface area contributed by atoms with Crippen LogP contribution in [-0.4, -0.2) is 29.9 Å². The number of hydrogen-bond acceptors (Lipinski definition) is 3. The number of rotatable bonds is 10. The Balaban J connectivity index is 3.93. The number of aliphatic hydroxyl groups is 1. The molecule has 2 N–H and O–H groups in total. The van der Waals surface area contributed by atoms with Gasteiger partial charge in [0.2, 0.25) is 0 Å². The molecule has 0 aliphatic heterocycles. The van der Waals surface area contributed by atoms with E-state index in [2.05, 4.69) is 6.92 Å². The molecule has 98 valence electrons. The highest BCUT2D eigenvalue weighted by molar-refractivity contribution is 7.86. The summed E-state index contributed by atoms with van der Waals surface area (Å²) in [6, 6.07) is 0. The average Bonchev–Trinajstić information content (AvgIpc) is 2.20. The van der Waals surface area contributed by atoms with Gasteiger partial charge in [0, 0.05) is 6.61 Å². The Hall–Kier alpha value is -0.130. The number of aliphatic hydroxyl groups excluding tert-OH is 1. The van der Waals surface area contributed by atoms with Crippen LogP contribution in [0.4, 0.5) is 0 Å². The van der Waals surface area contributed by atoms with E-state index in [1.165, 1.54) is 0 Å². The molecular formula is C11H24O4S. The van der Waals surface area contributed by atoms with E-state index < -0.39 is 15.4 Å². The summed E-state index contributed by atoms with van der Waals surface area (Å²) in [6.45, 7) is 2.18. The highest BCUT2D eigenvalue weighted by Gasteiger charge is 2.21. The van der Waals surface area contributed by atoms with E-state index in [1.54, 1.807) is 0 Å². The number of unbranched alkanes of at least 4 members (excludes halogenated alkanes) is 4. The Morgan fingerprint density at radius 1 is 1.00 bits per heavy atom. The summed E-state index contributed by atoms with van der Waals surface area (Å²) < 4.78 is 31.2. The second-order valence-electron chi connectivity index (χ2n) is 4.21. The van der Waals surface area contributed by atoms with Crippen molar-refractivity contribution in [2.75, 3.05) is 6.61 Å². The van der Waals surface area contributed by atoms with Crippen molar-refractivity contribution in [2.45, 2.75) is 63.5 Å². The largest absolute Gasteiger partial charge is 0.396 e. The SMILES string of the molecule is CCCCCCC(CCCCO)S(=O)(=O)O. The smallest absolute Gasteiger partial charge is 0.267 e. The molecule has 0 aliphatic rings. The predicted molar refractivity (Wildman–Crippen MR) is 65.0 cm³/mol. The minimum absolute atomic E-state index is 0.0774. The first kappa shape index (κ1) is 15.9. The fourth-order valence-corrected chi connectivity index (χ4v) is 2.65. The molecule has 5 heteroatoms. The Morgan fingerprint density at radius 3 is 2.00 bits per heavy atom. The van der Waals surface area contributed by atoms with Gasteiger partial charge in [-0.2, -0.15) is 8.42 Å². The monoisotopic (exact) mass is 252 g/mol. The molecule has 1 unspecified atom stereocenters. The lowest BCUT2D eigenvalue weighted by Crippen LogP contribution is -2.20. The molecule has 0 amide bonds. The van der Waals surface area contributed by atoms with E-state index in [0.717, 1.165) is 25.7 Å². The van der Waals surface area contributed by atoms with E-state index in [4.69, 9.17) is 9.66 Å². The normalized spacial score (nSPS) is 13.9. The molecule has 0 bridgehead atoms. The molecule has 0 radical (unpaired) electrons. The molecule has 0 aromatic heterocycles. The molecule has 0 saturated heterocycles. The number of hydrogen-bond donors (Lipinski definition) is 2. The van der Waals surface area contributed by atoms with Crippen molar-refractivity contribution in [1.82, 2.24) is 0 Å². The van der Waals surface area contributed by atoms with Crippen LogP contribution in [0, 0.1) is 0 Å². The third kappa shape index (κ3) is 8.07. The first-order valence-corrected chi connectivity index (χ1v) is 7.59. The molecule has 0 fully saturated rings. The van der Waals surface area contributed by atoms with Gasteiger partial charge in [-0.1, -0.05) is 32.6 Å². The van der Waals surface area contributed by atoms with Crippen LogP contribution in [0.3, 0.4) is 0 Å². The van der Waals surface area contributed by atoms with E-state index in [-0.39, 0.29) is 6.61 Å². The molecule has 0 spiro atoms. The second-order valence-corrected chi connectivity index (χ2v) is 5.90. The Morgan fingerprint density at radius 2 is 1.56 bits per heavy atom. The molecule has 0 aliphatic carbocycles. The summed E-state index contributed by atoms with van der Waals surface area (Å²) in [5, 5.41) is 7.97. The molecule has 0 rings (SSSR count). The minimum Gasteiger partial charge on any atom is -0.396 e. The third-order valence-electron chi connectivity index (χ3n) is 2.74. The van der Waals surface area contributed by atoms with Gasteiger partial charge in [-0.05, 0) is 25.7 Å². The van der Waals surface area contributed by atoms with Crippen molar-refractivity contribution < 1.29 is 18.1 Å². The van der Waals surface area contributed by atoms with Gasteiger partial charge in [0.15, 0.2) is 0 Å². The molecular weight excluding hydrogens is 228 g/mol. The van der Waals surface area contributed by atoms with Crippen molar-refractivity contribution in [2.24, 2.45) is 0 Å². The fourth-order valence-electron chi connectivity index (χ4n) is 1.72. The Labute approximate surface area is 98.8 Å². The van der Waals surface area contributed by atoms with Crippen LogP contribution in [-0.2, 0) is 10.1 Å². The molecule has 0 aromatic carbocycles. The van der Waals surface area contributed by atoms with Gasteiger partial charge in [0.1, 0.15) is 0 Å². The zero-order chi connectivity index (χ0) is 12.4. The maximum Gasteiger partial charge on any atom is 0.267 e. The maximum atomic E-state index is 11.1. The summed E-state index contributed by atoms with van der Waals surface area (Å²) in [5.74, 6) is 0. The maximum absolute atomic E-state index is 11.1. The van der Waals surface area contributed by atoms with E-state index >= 15 is 0 Å². The summed E-state index contributed by atoms with van der Waals surface area (Å²) >= 11 is 0. The van der Waals surface area contributed by atoms with E-state index in [9.17, 15) is 8.42 Å². The first-order valence-electron chi connectivity index (χ1n) is 6.09. The average molecular weight is 252 g/mol. The lowest BCUT2D eigenvalue weighted by molar-refractivity contribution is 0.281. The third-order valence-corrected chi connectivity index (χ3v) is 4.05.